The van der Waals surface area contributed by atoms with E-state index in [1.807, 2.05) is 24.3 Å². The van der Waals surface area contributed by atoms with Crippen molar-refractivity contribution in [3.8, 4) is 0 Å². The molecule has 30 heavy (non-hydrogen) atoms. The smallest absolute Gasteiger partial charge is 0.243 e. The summed E-state index contributed by atoms with van der Waals surface area (Å²) in [5.74, 6) is -0.565. The molecule has 158 valence electrons. The first-order valence-electron chi connectivity index (χ1n) is 10.2. The lowest BCUT2D eigenvalue weighted by molar-refractivity contribution is -0.121. The van der Waals surface area contributed by atoms with Crippen LogP contribution in [0.5, 0.6) is 0 Å². The lowest BCUT2D eigenvalue weighted by Crippen LogP contribution is -2.30. The van der Waals surface area contributed by atoms with Gasteiger partial charge < -0.3 is 10.6 Å². The van der Waals surface area contributed by atoms with Gasteiger partial charge in [-0.2, -0.15) is 4.31 Å². The summed E-state index contributed by atoms with van der Waals surface area (Å²) in [6.07, 6.45) is 2.96. The molecule has 0 aromatic heterocycles. The Labute approximate surface area is 176 Å². The Balaban J connectivity index is 1.36. The highest BCUT2D eigenvalue weighted by atomic mass is 32.2. The molecule has 0 aliphatic carbocycles. The molecule has 2 aliphatic rings. The molecule has 1 atom stereocenters. The van der Waals surface area contributed by atoms with Gasteiger partial charge in [0, 0.05) is 36.8 Å². The number of carbonyl (C=O) groups excluding carboxylic acids is 2. The summed E-state index contributed by atoms with van der Waals surface area (Å²) in [5.41, 5.74) is 2.35. The van der Waals surface area contributed by atoms with Gasteiger partial charge in [-0.3, -0.25) is 9.59 Å². The Morgan fingerprint density at radius 2 is 1.87 bits per heavy atom. The van der Waals surface area contributed by atoms with E-state index in [1.165, 1.54) is 10.4 Å². The minimum Gasteiger partial charge on any atom is -0.326 e. The average Bonchev–Trinajstić information content (AvgIpc) is 3.28. The number of amides is 2. The molecule has 2 heterocycles. The van der Waals surface area contributed by atoms with Gasteiger partial charge in [-0.25, -0.2) is 8.42 Å². The van der Waals surface area contributed by atoms with Crippen molar-refractivity contribution >= 4 is 33.2 Å². The van der Waals surface area contributed by atoms with Crippen LogP contribution in [0.4, 0.5) is 11.4 Å². The topological polar surface area (TPSA) is 95.6 Å². The highest BCUT2D eigenvalue weighted by Crippen LogP contribution is 2.28. The Morgan fingerprint density at radius 1 is 1.10 bits per heavy atom. The zero-order chi connectivity index (χ0) is 21.1. The minimum absolute atomic E-state index is 0.0693. The van der Waals surface area contributed by atoms with Crippen LogP contribution >= 0.6 is 0 Å². The lowest BCUT2D eigenvalue weighted by Gasteiger charge is -2.24. The number of carbonyl (C=O) groups is 2. The zero-order valence-corrected chi connectivity index (χ0v) is 17.5. The van der Waals surface area contributed by atoms with Gasteiger partial charge >= 0.3 is 0 Å². The fourth-order valence-electron chi connectivity index (χ4n) is 3.99. The van der Waals surface area contributed by atoms with Crippen LogP contribution in [0.1, 0.15) is 31.2 Å². The predicted molar refractivity (Wildman–Crippen MR) is 115 cm³/mol. The Kier molecular flexibility index (Phi) is 5.87. The van der Waals surface area contributed by atoms with E-state index in [4.69, 9.17) is 0 Å². The second-order valence-corrected chi connectivity index (χ2v) is 9.71. The molecule has 1 saturated heterocycles. The zero-order valence-electron chi connectivity index (χ0n) is 16.6. The van der Waals surface area contributed by atoms with Gasteiger partial charge in [-0.15, -0.1) is 0 Å². The van der Waals surface area contributed by atoms with E-state index in [1.54, 1.807) is 18.2 Å². The van der Waals surface area contributed by atoms with E-state index in [2.05, 4.69) is 10.6 Å². The van der Waals surface area contributed by atoms with E-state index < -0.39 is 10.0 Å². The van der Waals surface area contributed by atoms with Crippen LogP contribution < -0.4 is 10.6 Å². The molecule has 7 nitrogen and oxygen atoms in total. The molecule has 2 aliphatic heterocycles. The number of rotatable bonds is 6. The van der Waals surface area contributed by atoms with Crippen molar-refractivity contribution in [1.29, 1.82) is 0 Å². The van der Waals surface area contributed by atoms with Gasteiger partial charge in [0.15, 0.2) is 0 Å². The summed E-state index contributed by atoms with van der Waals surface area (Å²) in [5, 5.41) is 5.66. The standard InChI is InChI=1S/C22H25N3O4S/c26-21(11-10-17-14-16-6-1-2-9-20(16)24-22(17)27)23-18-7-5-8-19(15-18)30(28,29)25-12-3-4-13-25/h1-2,5-9,15,17H,3-4,10-14H2,(H,23,26)(H,24,27). The van der Waals surface area contributed by atoms with Crippen LogP contribution in [0.3, 0.4) is 0 Å². The second-order valence-electron chi connectivity index (χ2n) is 7.77. The molecule has 1 unspecified atom stereocenters. The van der Waals surface area contributed by atoms with E-state index in [9.17, 15) is 18.0 Å². The summed E-state index contributed by atoms with van der Waals surface area (Å²) in [6, 6.07) is 14.0. The number of nitrogens with zero attached hydrogens (tertiary/aromatic N) is 1. The maximum absolute atomic E-state index is 12.7. The van der Waals surface area contributed by atoms with Crippen LogP contribution in [-0.4, -0.2) is 37.6 Å². The van der Waals surface area contributed by atoms with Gasteiger partial charge in [-0.1, -0.05) is 24.3 Å². The summed E-state index contributed by atoms with van der Waals surface area (Å²) < 4.78 is 26.9. The number of fused-ring (bicyclic) bond motifs is 1. The highest BCUT2D eigenvalue weighted by molar-refractivity contribution is 7.89. The van der Waals surface area contributed by atoms with E-state index in [0.29, 0.717) is 31.6 Å². The summed E-state index contributed by atoms with van der Waals surface area (Å²) in [7, 11) is -3.53. The number of hydrogen-bond donors (Lipinski definition) is 2. The summed E-state index contributed by atoms with van der Waals surface area (Å²) >= 11 is 0. The maximum Gasteiger partial charge on any atom is 0.243 e. The number of nitrogens with one attached hydrogen (secondary N) is 2. The third-order valence-corrected chi connectivity index (χ3v) is 7.55. The summed E-state index contributed by atoms with van der Waals surface area (Å²) in [6.45, 7) is 1.07. The molecule has 2 amide bonds. The van der Waals surface area contributed by atoms with Crippen molar-refractivity contribution < 1.29 is 18.0 Å². The first-order chi connectivity index (χ1) is 14.4. The van der Waals surface area contributed by atoms with Gasteiger partial charge in [0.1, 0.15) is 0 Å². The molecule has 2 aromatic carbocycles. The monoisotopic (exact) mass is 427 g/mol. The first-order valence-corrected chi connectivity index (χ1v) is 11.7. The van der Waals surface area contributed by atoms with Crippen molar-refractivity contribution in [3.63, 3.8) is 0 Å². The van der Waals surface area contributed by atoms with Crippen LogP contribution in [-0.2, 0) is 26.0 Å². The second kappa shape index (κ2) is 8.57. The molecule has 0 saturated carbocycles. The predicted octanol–water partition coefficient (Wildman–Crippen LogP) is 3.00. The molecule has 1 fully saturated rings. The Hall–Kier alpha value is -2.71. The summed E-state index contributed by atoms with van der Waals surface area (Å²) in [4.78, 5) is 24.9. The third kappa shape index (κ3) is 4.39. The third-order valence-electron chi connectivity index (χ3n) is 5.65. The average molecular weight is 428 g/mol. The van der Waals surface area contributed by atoms with Crippen LogP contribution in [0.15, 0.2) is 53.4 Å². The van der Waals surface area contributed by atoms with E-state index in [-0.39, 0.29) is 29.0 Å². The van der Waals surface area contributed by atoms with Gasteiger partial charge in [0.25, 0.3) is 0 Å². The molecule has 4 rings (SSSR count). The lowest BCUT2D eigenvalue weighted by atomic mass is 9.89. The number of anilines is 2. The highest BCUT2D eigenvalue weighted by Gasteiger charge is 2.28. The SMILES string of the molecule is O=C(CCC1Cc2ccccc2NC1=O)Nc1cccc(S(=O)(=O)N2CCCC2)c1. The molecule has 2 N–H and O–H groups in total. The largest absolute Gasteiger partial charge is 0.326 e. The Bertz CT molecular complexity index is 1060. The van der Waals surface area contributed by atoms with Crippen molar-refractivity contribution in [2.24, 2.45) is 5.92 Å². The normalized spacial score (nSPS) is 19.2. The molecule has 0 spiro atoms. The van der Waals surface area contributed by atoms with Crippen molar-refractivity contribution in [2.75, 3.05) is 23.7 Å². The van der Waals surface area contributed by atoms with Crippen molar-refractivity contribution in [3.05, 3.63) is 54.1 Å². The molecule has 0 radical (unpaired) electrons. The molecule has 8 heteroatoms. The van der Waals surface area contributed by atoms with Gasteiger partial charge in [0.2, 0.25) is 21.8 Å². The van der Waals surface area contributed by atoms with E-state index in [0.717, 1.165) is 24.1 Å². The molecule has 2 aromatic rings. The fourth-order valence-corrected chi connectivity index (χ4v) is 5.55. The van der Waals surface area contributed by atoms with Gasteiger partial charge in [0.05, 0.1) is 4.90 Å². The van der Waals surface area contributed by atoms with E-state index >= 15 is 0 Å². The van der Waals surface area contributed by atoms with Crippen LogP contribution in [0.25, 0.3) is 0 Å². The number of hydrogen-bond acceptors (Lipinski definition) is 4. The van der Waals surface area contributed by atoms with Crippen molar-refractivity contribution in [1.82, 2.24) is 4.31 Å². The number of sulfonamides is 1. The number of para-hydroxylation sites is 1. The fraction of sp³-hybridized carbons (Fsp3) is 0.364. The quantitative estimate of drug-likeness (QED) is 0.741. The molecular weight excluding hydrogens is 402 g/mol. The number of benzene rings is 2. The van der Waals surface area contributed by atoms with Crippen molar-refractivity contribution in [2.45, 2.75) is 37.0 Å². The molecular formula is C22H25N3O4S. The Morgan fingerprint density at radius 3 is 2.67 bits per heavy atom. The van der Waals surface area contributed by atoms with Crippen LogP contribution in [0.2, 0.25) is 0 Å². The minimum atomic E-state index is -3.53. The van der Waals surface area contributed by atoms with Crippen LogP contribution in [0, 0.1) is 5.92 Å². The maximum atomic E-state index is 12.7. The first kappa shape index (κ1) is 20.6. The van der Waals surface area contributed by atoms with Gasteiger partial charge in [-0.05, 0) is 55.5 Å². The molecule has 0 bridgehead atoms.